The van der Waals surface area contributed by atoms with Gasteiger partial charge in [-0.25, -0.2) is 4.79 Å². The van der Waals surface area contributed by atoms with Crippen LogP contribution in [0.15, 0.2) is 21.5 Å². The van der Waals surface area contributed by atoms with Gasteiger partial charge in [-0.05, 0) is 19.3 Å². The van der Waals surface area contributed by atoms with Gasteiger partial charge in [0, 0.05) is 12.5 Å². The fourth-order valence-corrected chi connectivity index (χ4v) is 2.29. The van der Waals surface area contributed by atoms with Crippen LogP contribution in [0.1, 0.15) is 37.5 Å². The van der Waals surface area contributed by atoms with E-state index in [0.717, 1.165) is 25.7 Å². The maximum atomic E-state index is 11.6. The van der Waals surface area contributed by atoms with Gasteiger partial charge in [-0.2, -0.15) is 0 Å². The van der Waals surface area contributed by atoms with Crippen LogP contribution in [-0.4, -0.2) is 26.8 Å². The summed E-state index contributed by atoms with van der Waals surface area (Å²) in [4.78, 5) is 22.2. The monoisotopic (exact) mass is 267 g/mol. The number of allylic oxidation sites excluding steroid dienone is 1. The van der Waals surface area contributed by atoms with E-state index in [4.69, 9.17) is 10.8 Å². The van der Waals surface area contributed by atoms with Crippen molar-refractivity contribution in [3.05, 3.63) is 28.5 Å². The van der Waals surface area contributed by atoms with Crippen molar-refractivity contribution in [2.24, 2.45) is 5.73 Å². The van der Waals surface area contributed by atoms with E-state index in [0.29, 0.717) is 12.2 Å². The third-order valence-corrected chi connectivity index (χ3v) is 3.29. The van der Waals surface area contributed by atoms with Gasteiger partial charge in [-0.15, -0.1) is 0 Å². The lowest BCUT2D eigenvalue weighted by molar-refractivity contribution is -0.137. The molecule has 0 aromatic carbocycles. The Morgan fingerprint density at radius 2 is 2.42 bits per heavy atom. The number of aromatic nitrogens is 2. The van der Waals surface area contributed by atoms with Gasteiger partial charge in [-0.1, -0.05) is 23.7 Å². The summed E-state index contributed by atoms with van der Waals surface area (Å²) in [7, 11) is 0. The first-order valence-electron chi connectivity index (χ1n) is 6.31. The number of rotatable bonds is 4. The van der Waals surface area contributed by atoms with Gasteiger partial charge in [0.1, 0.15) is 6.04 Å². The molecule has 0 saturated heterocycles. The number of aliphatic carboxylic acids is 1. The molecule has 1 aromatic heterocycles. The van der Waals surface area contributed by atoms with Crippen molar-refractivity contribution in [3.63, 3.8) is 0 Å². The number of hydrogen-bond donors (Lipinski definition) is 2. The molecule has 0 saturated carbocycles. The highest BCUT2D eigenvalue weighted by Crippen LogP contribution is 2.24. The summed E-state index contributed by atoms with van der Waals surface area (Å²) in [5.41, 5.74) is 5.38. The first-order chi connectivity index (χ1) is 9.09. The Bertz CT molecular complexity index is 531. The Balaban J connectivity index is 2.10. The van der Waals surface area contributed by atoms with E-state index in [1.54, 1.807) is 10.6 Å². The zero-order valence-corrected chi connectivity index (χ0v) is 10.5. The average Bonchev–Trinajstić information content (AvgIpc) is 2.61. The number of nitrogens with zero attached hydrogens (tertiary/aromatic N) is 2. The Kier molecular flexibility index (Phi) is 4.16. The highest BCUT2D eigenvalue weighted by Gasteiger charge is 2.22. The number of nitrogens with two attached hydrogens (primary N) is 1. The SMILES string of the molecule is N[C@@H](C=CCC1CCCCc2noc(=O)n21)C(=O)O. The molecule has 1 aliphatic rings. The van der Waals surface area contributed by atoms with Gasteiger partial charge in [0.25, 0.3) is 0 Å². The number of aryl methyl sites for hydroxylation is 1. The summed E-state index contributed by atoms with van der Waals surface area (Å²) in [6.07, 6.45) is 7.26. The molecule has 104 valence electrons. The molecular weight excluding hydrogens is 250 g/mol. The van der Waals surface area contributed by atoms with Crippen LogP contribution < -0.4 is 11.5 Å². The first kappa shape index (κ1) is 13.5. The van der Waals surface area contributed by atoms with Crippen molar-refractivity contribution in [3.8, 4) is 0 Å². The molecule has 2 atom stereocenters. The van der Waals surface area contributed by atoms with Crippen molar-refractivity contribution in [1.29, 1.82) is 0 Å². The summed E-state index contributed by atoms with van der Waals surface area (Å²) < 4.78 is 6.26. The number of fused-ring (bicyclic) bond motifs is 1. The number of carboxylic acids is 1. The molecule has 3 N–H and O–H groups in total. The molecule has 1 unspecified atom stereocenters. The molecule has 7 nitrogen and oxygen atoms in total. The summed E-state index contributed by atoms with van der Waals surface area (Å²) >= 11 is 0. The lowest BCUT2D eigenvalue weighted by Gasteiger charge is -2.13. The van der Waals surface area contributed by atoms with Crippen LogP contribution in [0.2, 0.25) is 0 Å². The van der Waals surface area contributed by atoms with Crippen LogP contribution in [0.3, 0.4) is 0 Å². The Labute approximate surface area is 109 Å². The van der Waals surface area contributed by atoms with Gasteiger partial charge >= 0.3 is 11.7 Å². The van der Waals surface area contributed by atoms with E-state index in [-0.39, 0.29) is 6.04 Å². The van der Waals surface area contributed by atoms with E-state index in [1.807, 2.05) is 0 Å². The van der Waals surface area contributed by atoms with Gasteiger partial charge in [0.15, 0.2) is 5.82 Å². The minimum Gasteiger partial charge on any atom is -0.480 e. The second-order valence-electron chi connectivity index (χ2n) is 4.66. The Hall–Kier alpha value is -1.89. The van der Waals surface area contributed by atoms with Crippen molar-refractivity contribution in [2.75, 3.05) is 0 Å². The lowest BCUT2D eigenvalue weighted by Crippen LogP contribution is -2.27. The molecular formula is C12H17N3O4. The molecule has 0 bridgehead atoms. The molecule has 0 amide bonds. The molecule has 7 heteroatoms. The summed E-state index contributed by atoms with van der Waals surface area (Å²) in [5.74, 6) is -0.846. The molecule has 0 aliphatic carbocycles. The molecule has 0 fully saturated rings. The Morgan fingerprint density at radius 3 is 3.16 bits per heavy atom. The van der Waals surface area contributed by atoms with Crippen LogP contribution in [0.4, 0.5) is 0 Å². The van der Waals surface area contributed by atoms with E-state index < -0.39 is 17.8 Å². The normalized spacial score (nSPS) is 21.0. The third kappa shape index (κ3) is 3.11. The summed E-state index contributed by atoms with van der Waals surface area (Å²) in [6, 6.07) is -1.04. The third-order valence-electron chi connectivity index (χ3n) is 3.29. The maximum absolute atomic E-state index is 11.6. The zero-order chi connectivity index (χ0) is 13.8. The molecule has 2 heterocycles. The largest absolute Gasteiger partial charge is 0.480 e. The van der Waals surface area contributed by atoms with E-state index in [1.165, 1.54) is 6.08 Å². The molecule has 1 aliphatic heterocycles. The smallest absolute Gasteiger partial charge is 0.441 e. The van der Waals surface area contributed by atoms with Crippen LogP contribution in [0.25, 0.3) is 0 Å². The van der Waals surface area contributed by atoms with Gasteiger partial charge < -0.3 is 10.8 Å². The minimum atomic E-state index is -1.07. The van der Waals surface area contributed by atoms with Crippen LogP contribution in [0.5, 0.6) is 0 Å². The van der Waals surface area contributed by atoms with Crippen molar-refractivity contribution in [2.45, 2.75) is 44.2 Å². The highest BCUT2D eigenvalue weighted by atomic mass is 16.5. The maximum Gasteiger partial charge on any atom is 0.441 e. The molecule has 0 radical (unpaired) electrons. The topological polar surface area (TPSA) is 111 Å². The minimum absolute atomic E-state index is 0.0338. The molecule has 19 heavy (non-hydrogen) atoms. The quantitative estimate of drug-likeness (QED) is 0.767. The fourth-order valence-electron chi connectivity index (χ4n) is 2.29. The van der Waals surface area contributed by atoms with Crippen LogP contribution >= 0.6 is 0 Å². The van der Waals surface area contributed by atoms with Crippen molar-refractivity contribution in [1.82, 2.24) is 9.72 Å². The standard InChI is InChI=1S/C12H17N3O4/c13-9(11(16)17)6-3-5-8-4-1-2-7-10-14-19-12(18)15(8)10/h3,6,8-9H,1-2,4-5,7,13H2,(H,16,17)/t8?,9-/m0/s1. The molecule has 0 spiro atoms. The second kappa shape index (κ2) is 5.83. The average molecular weight is 267 g/mol. The highest BCUT2D eigenvalue weighted by molar-refractivity contribution is 5.75. The Morgan fingerprint density at radius 1 is 1.63 bits per heavy atom. The first-order valence-corrected chi connectivity index (χ1v) is 6.31. The predicted molar refractivity (Wildman–Crippen MR) is 66.7 cm³/mol. The van der Waals surface area contributed by atoms with Gasteiger partial charge in [-0.3, -0.25) is 13.9 Å². The predicted octanol–water partition coefficient (Wildman–Crippen LogP) is 0.462. The lowest BCUT2D eigenvalue weighted by atomic mass is 10.1. The fraction of sp³-hybridized carbons (Fsp3) is 0.583. The number of carboxylic acid groups (broad SMARTS) is 1. The number of hydrogen-bond acceptors (Lipinski definition) is 5. The van der Waals surface area contributed by atoms with Crippen LogP contribution in [-0.2, 0) is 11.2 Å². The van der Waals surface area contributed by atoms with Gasteiger partial charge in [0.05, 0.1) is 0 Å². The zero-order valence-electron chi connectivity index (χ0n) is 10.5. The van der Waals surface area contributed by atoms with E-state index in [2.05, 4.69) is 9.68 Å². The van der Waals surface area contributed by atoms with E-state index >= 15 is 0 Å². The molecule has 2 rings (SSSR count). The van der Waals surface area contributed by atoms with Gasteiger partial charge in [0.2, 0.25) is 0 Å². The summed E-state index contributed by atoms with van der Waals surface area (Å²) in [6.45, 7) is 0. The molecule has 1 aromatic rings. The number of carbonyl (C=O) groups is 1. The van der Waals surface area contributed by atoms with Crippen molar-refractivity contribution >= 4 is 5.97 Å². The van der Waals surface area contributed by atoms with Crippen molar-refractivity contribution < 1.29 is 14.4 Å². The second-order valence-corrected chi connectivity index (χ2v) is 4.66. The van der Waals surface area contributed by atoms with Crippen LogP contribution in [0, 0.1) is 0 Å². The van der Waals surface area contributed by atoms with E-state index in [9.17, 15) is 9.59 Å². The summed E-state index contributed by atoms with van der Waals surface area (Å²) in [5, 5.41) is 12.4.